The van der Waals surface area contributed by atoms with Crippen molar-refractivity contribution < 1.29 is 9.15 Å². The van der Waals surface area contributed by atoms with Crippen LogP contribution in [0.15, 0.2) is 41.1 Å². The van der Waals surface area contributed by atoms with E-state index in [0.717, 1.165) is 5.56 Å². The summed E-state index contributed by atoms with van der Waals surface area (Å²) in [4.78, 5) is 4.12. The van der Waals surface area contributed by atoms with Gasteiger partial charge in [-0.1, -0.05) is 0 Å². The Morgan fingerprint density at radius 1 is 1.44 bits per heavy atom. The van der Waals surface area contributed by atoms with Crippen LogP contribution in [-0.2, 0) is 0 Å². The molecule has 0 saturated heterocycles. The van der Waals surface area contributed by atoms with Gasteiger partial charge in [-0.05, 0) is 24.3 Å². The highest BCUT2D eigenvalue weighted by atomic mass is 16.5. The van der Waals surface area contributed by atoms with Crippen LogP contribution in [0, 0.1) is 0 Å². The molecule has 5 heteroatoms. The highest BCUT2D eigenvalue weighted by molar-refractivity contribution is 5.33. The summed E-state index contributed by atoms with van der Waals surface area (Å²) in [5, 5.41) is 0. The predicted octanol–water partition coefficient (Wildman–Crippen LogP) is 1.24. The Morgan fingerprint density at radius 2 is 2.31 bits per heavy atom. The van der Waals surface area contributed by atoms with Crippen molar-refractivity contribution in [1.29, 1.82) is 0 Å². The standard InChI is InChI=1S/C11H13N3O2/c1-15-11-8(4-2-6-13-11)10(14-12)9-5-3-7-16-9/h2-7,10,14H,12H2,1H3. The van der Waals surface area contributed by atoms with Crippen LogP contribution in [0.1, 0.15) is 17.4 Å². The summed E-state index contributed by atoms with van der Waals surface area (Å²) in [7, 11) is 1.57. The fourth-order valence-electron chi connectivity index (χ4n) is 1.57. The molecule has 3 N–H and O–H groups in total. The molecule has 0 spiro atoms. The third-order valence-corrected chi connectivity index (χ3v) is 2.30. The number of nitrogens with one attached hydrogen (secondary N) is 1. The summed E-state index contributed by atoms with van der Waals surface area (Å²) < 4.78 is 10.5. The van der Waals surface area contributed by atoms with Gasteiger partial charge in [-0.15, -0.1) is 0 Å². The second-order valence-electron chi connectivity index (χ2n) is 3.22. The van der Waals surface area contributed by atoms with E-state index < -0.39 is 0 Å². The number of rotatable bonds is 4. The molecule has 0 fully saturated rings. The zero-order valence-electron chi connectivity index (χ0n) is 8.88. The summed E-state index contributed by atoms with van der Waals surface area (Å²) in [6.07, 6.45) is 3.26. The van der Waals surface area contributed by atoms with Gasteiger partial charge in [0, 0.05) is 11.8 Å². The molecule has 1 atom stereocenters. The topological polar surface area (TPSA) is 73.3 Å². The first-order chi connectivity index (χ1) is 7.86. The van der Waals surface area contributed by atoms with Crippen LogP contribution in [0.5, 0.6) is 5.88 Å². The van der Waals surface area contributed by atoms with Crippen LogP contribution in [0.2, 0.25) is 0 Å². The number of ether oxygens (including phenoxy) is 1. The Kier molecular flexibility index (Phi) is 3.19. The molecule has 0 saturated carbocycles. The molecular weight excluding hydrogens is 206 g/mol. The summed E-state index contributed by atoms with van der Waals surface area (Å²) in [5.74, 6) is 6.77. The number of aromatic nitrogens is 1. The molecule has 0 radical (unpaired) electrons. The van der Waals surface area contributed by atoms with Gasteiger partial charge in [-0.2, -0.15) is 0 Å². The van der Waals surface area contributed by atoms with Crippen molar-refractivity contribution in [3.63, 3.8) is 0 Å². The van der Waals surface area contributed by atoms with Crippen molar-refractivity contribution in [1.82, 2.24) is 10.4 Å². The molecule has 2 aromatic heterocycles. The van der Waals surface area contributed by atoms with E-state index in [1.807, 2.05) is 24.3 Å². The van der Waals surface area contributed by atoms with Gasteiger partial charge in [0.25, 0.3) is 0 Å². The smallest absolute Gasteiger partial charge is 0.218 e. The van der Waals surface area contributed by atoms with Gasteiger partial charge in [0.05, 0.1) is 13.4 Å². The van der Waals surface area contributed by atoms with Gasteiger partial charge < -0.3 is 9.15 Å². The molecule has 5 nitrogen and oxygen atoms in total. The zero-order chi connectivity index (χ0) is 11.4. The number of hydrogen-bond acceptors (Lipinski definition) is 5. The van der Waals surface area contributed by atoms with Crippen molar-refractivity contribution in [2.45, 2.75) is 6.04 Å². The highest BCUT2D eigenvalue weighted by Gasteiger charge is 2.19. The van der Waals surface area contributed by atoms with Gasteiger partial charge in [0.2, 0.25) is 5.88 Å². The van der Waals surface area contributed by atoms with E-state index >= 15 is 0 Å². The minimum atomic E-state index is -0.265. The Balaban J connectivity index is 2.41. The van der Waals surface area contributed by atoms with E-state index in [-0.39, 0.29) is 6.04 Å². The van der Waals surface area contributed by atoms with Crippen LogP contribution in [0.25, 0.3) is 0 Å². The third-order valence-electron chi connectivity index (χ3n) is 2.30. The second-order valence-corrected chi connectivity index (χ2v) is 3.22. The van der Waals surface area contributed by atoms with Gasteiger partial charge in [0.15, 0.2) is 0 Å². The molecule has 16 heavy (non-hydrogen) atoms. The van der Waals surface area contributed by atoms with Gasteiger partial charge in [-0.3, -0.25) is 5.84 Å². The first kappa shape index (κ1) is 10.7. The van der Waals surface area contributed by atoms with Crippen molar-refractivity contribution >= 4 is 0 Å². The van der Waals surface area contributed by atoms with Crippen LogP contribution in [0.4, 0.5) is 0 Å². The lowest BCUT2D eigenvalue weighted by atomic mass is 10.1. The minimum Gasteiger partial charge on any atom is -0.481 e. The van der Waals surface area contributed by atoms with Crippen molar-refractivity contribution in [2.24, 2.45) is 5.84 Å². The highest BCUT2D eigenvalue weighted by Crippen LogP contribution is 2.27. The van der Waals surface area contributed by atoms with Gasteiger partial charge >= 0.3 is 0 Å². The number of methoxy groups -OCH3 is 1. The Bertz CT molecular complexity index is 442. The summed E-state index contributed by atoms with van der Waals surface area (Å²) in [5.41, 5.74) is 3.52. The molecular formula is C11H13N3O2. The quantitative estimate of drug-likeness (QED) is 0.597. The number of pyridine rings is 1. The molecule has 0 aliphatic rings. The maximum Gasteiger partial charge on any atom is 0.218 e. The van der Waals surface area contributed by atoms with E-state index in [1.54, 1.807) is 19.6 Å². The molecule has 1 unspecified atom stereocenters. The predicted molar refractivity (Wildman–Crippen MR) is 58.7 cm³/mol. The normalized spacial score (nSPS) is 12.4. The van der Waals surface area contributed by atoms with E-state index in [4.69, 9.17) is 15.0 Å². The maximum absolute atomic E-state index is 5.53. The average molecular weight is 219 g/mol. The van der Waals surface area contributed by atoms with E-state index in [1.165, 1.54) is 0 Å². The van der Waals surface area contributed by atoms with E-state index in [2.05, 4.69) is 10.4 Å². The maximum atomic E-state index is 5.53. The molecule has 0 aliphatic heterocycles. The van der Waals surface area contributed by atoms with Crippen LogP contribution >= 0.6 is 0 Å². The van der Waals surface area contributed by atoms with Gasteiger partial charge in [-0.25, -0.2) is 10.4 Å². The molecule has 84 valence electrons. The summed E-state index contributed by atoms with van der Waals surface area (Å²) in [6, 6.07) is 7.10. The van der Waals surface area contributed by atoms with E-state index in [0.29, 0.717) is 11.6 Å². The number of furan rings is 1. The van der Waals surface area contributed by atoms with Crippen LogP contribution in [0.3, 0.4) is 0 Å². The number of nitrogens with two attached hydrogens (primary N) is 1. The molecule has 0 bridgehead atoms. The monoisotopic (exact) mass is 219 g/mol. The van der Waals surface area contributed by atoms with Crippen molar-refractivity contribution in [3.8, 4) is 5.88 Å². The number of hydrazine groups is 1. The molecule has 2 rings (SSSR count). The fraction of sp³-hybridized carbons (Fsp3) is 0.182. The lowest BCUT2D eigenvalue weighted by molar-refractivity contribution is 0.379. The molecule has 0 amide bonds. The Hall–Kier alpha value is -1.85. The van der Waals surface area contributed by atoms with Crippen LogP contribution < -0.4 is 16.0 Å². The Labute approximate surface area is 93.2 Å². The molecule has 2 aromatic rings. The second kappa shape index (κ2) is 4.78. The van der Waals surface area contributed by atoms with Crippen LogP contribution in [-0.4, -0.2) is 12.1 Å². The summed E-state index contributed by atoms with van der Waals surface area (Å²) in [6.45, 7) is 0. The minimum absolute atomic E-state index is 0.265. The van der Waals surface area contributed by atoms with Crippen molar-refractivity contribution in [2.75, 3.05) is 7.11 Å². The fourth-order valence-corrected chi connectivity index (χ4v) is 1.57. The first-order valence-electron chi connectivity index (χ1n) is 4.85. The van der Waals surface area contributed by atoms with Gasteiger partial charge in [0.1, 0.15) is 11.8 Å². The SMILES string of the molecule is COc1ncccc1C(NN)c1ccco1. The largest absolute Gasteiger partial charge is 0.481 e. The molecule has 0 aromatic carbocycles. The third kappa shape index (κ3) is 1.91. The van der Waals surface area contributed by atoms with E-state index in [9.17, 15) is 0 Å². The Morgan fingerprint density at radius 3 is 2.94 bits per heavy atom. The average Bonchev–Trinajstić information content (AvgIpc) is 2.84. The number of hydrogen-bond donors (Lipinski definition) is 2. The lowest BCUT2D eigenvalue weighted by Crippen LogP contribution is -2.29. The summed E-state index contributed by atoms with van der Waals surface area (Å²) >= 11 is 0. The zero-order valence-corrected chi connectivity index (χ0v) is 8.88. The first-order valence-corrected chi connectivity index (χ1v) is 4.85. The molecule has 0 aliphatic carbocycles. The lowest BCUT2D eigenvalue weighted by Gasteiger charge is -2.15. The van der Waals surface area contributed by atoms with Crippen molar-refractivity contribution in [3.05, 3.63) is 48.0 Å². The number of nitrogens with zero attached hydrogens (tertiary/aromatic N) is 1. The molecule has 2 heterocycles.